The lowest BCUT2D eigenvalue weighted by atomic mass is 10.0. The first-order valence-electron chi connectivity index (χ1n) is 5.99. The smallest absolute Gasteiger partial charge is 0.327 e. The highest BCUT2D eigenvalue weighted by Gasteiger charge is 2.30. The second kappa shape index (κ2) is 6.28. The van der Waals surface area contributed by atoms with Gasteiger partial charge in [-0.3, -0.25) is 0 Å². The summed E-state index contributed by atoms with van der Waals surface area (Å²) in [6, 6.07) is 7.14. The molecule has 1 nitrogen and oxygen atoms in total. The molecular formula is C14H13BrF3NS. The first kappa shape index (κ1) is 15.5. The molecule has 1 atom stereocenters. The van der Waals surface area contributed by atoms with Gasteiger partial charge in [-0.05, 0) is 46.5 Å². The molecule has 0 spiro atoms. The van der Waals surface area contributed by atoms with Crippen LogP contribution in [0, 0.1) is 0 Å². The van der Waals surface area contributed by atoms with E-state index in [4.69, 9.17) is 5.73 Å². The van der Waals surface area contributed by atoms with Gasteiger partial charge >= 0.3 is 6.18 Å². The van der Waals surface area contributed by atoms with Crippen LogP contribution in [0.15, 0.2) is 40.2 Å². The average Bonchev–Trinajstić information content (AvgIpc) is 2.73. The zero-order chi connectivity index (χ0) is 14.8. The van der Waals surface area contributed by atoms with Crippen LogP contribution in [0.4, 0.5) is 13.2 Å². The zero-order valence-electron chi connectivity index (χ0n) is 10.5. The van der Waals surface area contributed by atoms with E-state index in [1.54, 1.807) is 17.4 Å². The van der Waals surface area contributed by atoms with Crippen molar-refractivity contribution in [2.45, 2.75) is 25.1 Å². The molecule has 0 aliphatic rings. The molecule has 2 aromatic rings. The van der Waals surface area contributed by atoms with Gasteiger partial charge in [0, 0.05) is 20.8 Å². The van der Waals surface area contributed by atoms with Gasteiger partial charge in [0.2, 0.25) is 0 Å². The molecule has 0 radical (unpaired) electrons. The van der Waals surface area contributed by atoms with Crippen LogP contribution in [0.25, 0.3) is 0 Å². The number of rotatable bonds is 4. The minimum atomic E-state index is -4.31. The van der Waals surface area contributed by atoms with Crippen LogP contribution in [0.1, 0.15) is 16.0 Å². The van der Waals surface area contributed by atoms with Gasteiger partial charge in [0.05, 0.1) is 5.56 Å². The second-order valence-electron chi connectivity index (χ2n) is 4.60. The first-order valence-corrected chi connectivity index (χ1v) is 7.66. The van der Waals surface area contributed by atoms with Crippen molar-refractivity contribution in [2.24, 2.45) is 5.73 Å². The molecule has 0 aliphatic heterocycles. The summed E-state index contributed by atoms with van der Waals surface area (Å²) in [5, 5.41) is 1.96. The molecule has 20 heavy (non-hydrogen) atoms. The lowest BCUT2D eigenvalue weighted by molar-refractivity contribution is -0.137. The second-order valence-corrected chi connectivity index (χ2v) is 6.51. The number of nitrogens with two attached hydrogens (primary N) is 1. The van der Waals surface area contributed by atoms with Crippen molar-refractivity contribution in [3.05, 3.63) is 56.2 Å². The van der Waals surface area contributed by atoms with Gasteiger partial charge in [-0.2, -0.15) is 13.2 Å². The van der Waals surface area contributed by atoms with Crippen molar-refractivity contribution in [1.29, 1.82) is 0 Å². The predicted molar refractivity (Wildman–Crippen MR) is 78.8 cm³/mol. The van der Waals surface area contributed by atoms with Crippen LogP contribution in [-0.2, 0) is 19.0 Å². The average molecular weight is 364 g/mol. The Morgan fingerprint density at radius 1 is 1.20 bits per heavy atom. The van der Waals surface area contributed by atoms with Crippen LogP contribution in [0.3, 0.4) is 0 Å². The molecule has 1 unspecified atom stereocenters. The standard InChI is InChI=1S/C14H13BrF3NS/c15-11-6-13(20-8-11)7-12(19)5-9-2-1-3-10(4-9)14(16,17)18/h1-4,6,8,12H,5,7,19H2. The fraction of sp³-hybridized carbons (Fsp3) is 0.286. The minimum absolute atomic E-state index is 0.191. The fourth-order valence-corrected chi connectivity index (χ4v) is 3.51. The maximum atomic E-state index is 12.6. The van der Waals surface area contributed by atoms with Crippen molar-refractivity contribution >= 4 is 27.3 Å². The van der Waals surface area contributed by atoms with Gasteiger partial charge in [-0.25, -0.2) is 0 Å². The highest BCUT2D eigenvalue weighted by atomic mass is 79.9. The zero-order valence-corrected chi connectivity index (χ0v) is 12.9. The highest BCUT2D eigenvalue weighted by molar-refractivity contribution is 9.10. The van der Waals surface area contributed by atoms with Crippen LogP contribution in [0.2, 0.25) is 0 Å². The van der Waals surface area contributed by atoms with E-state index < -0.39 is 11.7 Å². The van der Waals surface area contributed by atoms with E-state index in [-0.39, 0.29) is 6.04 Å². The maximum Gasteiger partial charge on any atom is 0.416 e. The SMILES string of the molecule is NC(Cc1cccc(C(F)(F)F)c1)Cc1cc(Br)cs1. The molecule has 0 saturated heterocycles. The lowest BCUT2D eigenvalue weighted by Crippen LogP contribution is -2.25. The van der Waals surface area contributed by atoms with Gasteiger partial charge in [-0.1, -0.05) is 18.2 Å². The Hall–Kier alpha value is -0.850. The molecule has 2 N–H and O–H groups in total. The normalized spacial score (nSPS) is 13.4. The van der Waals surface area contributed by atoms with Crippen molar-refractivity contribution in [3.8, 4) is 0 Å². The summed E-state index contributed by atoms with van der Waals surface area (Å²) in [6.07, 6.45) is -3.22. The predicted octanol–water partition coefficient (Wildman–Crippen LogP) is 4.64. The van der Waals surface area contributed by atoms with E-state index in [0.29, 0.717) is 18.4 Å². The Bertz CT molecular complexity index is 580. The molecule has 0 bridgehead atoms. The summed E-state index contributed by atoms with van der Waals surface area (Å²) in [5.41, 5.74) is 6.01. The lowest BCUT2D eigenvalue weighted by Gasteiger charge is -2.12. The van der Waals surface area contributed by atoms with Crippen LogP contribution >= 0.6 is 27.3 Å². The molecule has 0 saturated carbocycles. The quantitative estimate of drug-likeness (QED) is 0.840. The van der Waals surface area contributed by atoms with E-state index >= 15 is 0 Å². The fourth-order valence-electron chi connectivity index (χ4n) is 1.97. The highest BCUT2D eigenvalue weighted by Crippen LogP contribution is 2.30. The molecule has 108 valence electrons. The molecule has 0 amide bonds. The van der Waals surface area contributed by atoms with Crippen molar-refractivity contribution in [3.63, 3.8) is 0 Å². The monoisotopic (exact) mass is 363 g/mol. The molecule has 0 fully saturated rings. The maximum absolute atomic E-state index is 12.6. The third-order valence-corrected chi connectivity index (χ3v) is 4.56. The third-order valence-electron chi connectivity index (χ3n) is 2.84. The number of alkyl halides is 3. The Morgan fingerprint density at radius 3 is 2.55 bits per heavy atom. The number of benzene rings is 1. The van der Waals surface area contributed by atoms with Crippen LogP contribution in [-0.4, -0.2) is 6.04 Å². The van der Waals surface area contributed by atoms with E-state index in [1.807, 2.05) is 11.4 Å². The van der Waals surface area contributed by atoms with Gasteiger partial charge < -0.3 is 5.73 Å². The number of hydrogen-bond donors (Lipinski definition) is 1. The van der Waals surface area contributed by atoms with Gasteiger partial charge in [0.1, 0.15) is 0 Å². The topological polar surface area (TPSA) is 26.0 Å². The van der Waals surface area contributed by atoms with E-state index in [2.05, 4.69) is 15.9 Å². The van der Waals surface area contributed by atoms with Crippen LogP contribution < -0.4 is 5.73 Å². The van der Waals surface area contributed by atoms with Crippen molar-refractivity contribution in [1.82, 2.24) is 0 Å². The van der Waals surface area contributed by atoms with E-state index in [1.165, 1.54) is 12.1 Å². The molecule has 1 heterocycles. The van der Waals surface area contributed by atoms with E-state index in [9.17, 15) is 13.2 Å². The number of halogens is 4. The summed E-state index contributed by atoms with van der Waals surface area (Å²) < 4.78 is 38.9. The Morgan fingerprint density at radius 2 is 1.95 bits per heavy atom. The van der Waals surface area contributed by atoms with Gasteiger partial charge in [0.25, 0.3) is 0 Å². The molecule has 0 aliphatic carbocycles. The Balaban J connectivity index is 2.02. The molecule has 6 heteroatoms. The molecular weight excluding hydrogens is 351 g/mol. The molecule has 1 aromatic heterocycles. The Kier molecular flexibility index (Phi) is 4.88. The Labute approximate surface area is 127 Å². The van der Waals surface area contributed by atoms with Crippen LogP contribution in [0.5, 0.6) is 0 Å². The summed E-state index contributed by atoms with van der Waals surface area (Å²) in [6.45, 7) is 0. The minimum Gasteiger partial charge on any atom is -0.327 e. The summed E-state index contributed by atoms with van der Waals surface area (Å²) >= 11 is 4.95. The number of hydrogen-bond acceptors (Lipinski definition) is 2. The van der Waals surface area contributed by atoms with Crippen molar-refractivity contribution in [2.75, 3.05) is 0 Å². The van der Waals surface area contributed by atoms with Gasteiger partial charge in [0.15, 0.2) is 0 Å². The number of thiophene rings is 1. The summed E-state index contributed by atoms with van der Waals surface area (Å²) in [5.74, 6) is 0. The van der Waals surface area contributed by atoms with E-state index in [0.717, 1.165) is 15.4 Å². The molecule has 1 aromatic carbocycles. The van der Waals surface area contributed by atoms with Crippen molar-refractivity contribution < 1.29 is 13.2 Å². The molecule has 2 rings (SSSR count). The van der Waals surface area contributed by atoms with Gasteiger partial charge in [-0.15, -0.1) is 11.3 Å². The third kappa shape index (κ3) is 4.33. The summed E-state index contributed by atoms with van der Waals surface area (Å²) in [4.78, 5) is 1.12. The largest absolute Gasteiger partial charge is 0.416 e. The first-order chi connectivity index (χ1) is 9.34. The summed E-state index contributed by atoms with van der Waals surface area (Å²) in [7, 11) is 0.